The van der Waals surface area contributed by atoms with Gasteiger partial charge in [0.1, 0.15) is 17.8 Å². The van der Waals surface area contributed by atoms with Crippen LogP contribution in [0.25, 0.3) is 16.9 Å². The molecule has 1 amide bonds. The van der Waals surface area contributed by atoms with Gasteiger partial charge in [0.15, 0.2) is 17.0 Å². The Morgan fingerprint density at radius 1 is 0.861 bits per heavy atom. The van der Waals surface area contributed by atoms with Crippen LogP contribution in [0.1, 0.15) is 19.4 Å². The fraction of sp³-hybridized carbons (Fsp3) is 0.346. The van der Waals surface area contributed by atoms with Crippen molar-refractivity contribution < 1.29 is 14.3 Å². The van der Waals surface area contributed by atoms with Crippen LogP contribution in [0.4, 0.5) is 5.82 Å². The van der Waals surface area contributed by atoms with E-state index in [-0.39, 0.29) is 5.91 Å². The van der Waals surface area contributed by atoms with E-state index in [0.717, 1.165) is 28.6 Å². The van der Waals surface area contributed by atoms with E-state index in [4.69, 9.17) is 9.47 Å². The predicted octanol–water partition coefficient (Wildman–Crippen LogP) is 2.90. The number of rotatable bonds is 8. The van der Waals surface area contributed by atoms with Gasteiger partial charge in [0.25, 0.3) is 0 Å². The van der Waals surface area contributed by atoms with Crippen LogP contribution in [-0.2, 0) is 11.2 Å². The molecule has 186 valence electrons. The summed E-state index contributed by atoms with van der Waals surface area (Å²) < 4.78 is 12.7. The van der Waals surface area contributed by atoms with Gasteiger partial charge in [0.05, 0.1) is 25.3 Å². The van der Waals surface area contributed by atoms with Crippen molar-refractivity contribution in [2.24, 2.45) is 0 Å². The first-order chi connectivity index (χ1) is 17.7. The lowest BCUT2D eigenvalue weighted by Gasteiger charge is -2.35. The van der Waals surface area contributed by atoms with Crippen molar-refractivity contribution in [1.29, 1.82) is 0 Å². The van der Waals surface area contributed by atoms with Crippen molar-refractivity contribution in [3.63, 3.8) is 0 Å². The average Bonchev–Trinajstić information content (AvgIpc) is 3.35. The highest BCUT2D eigenvalue weighted by atomic mass is 16.5. The van der Waals surface area contributed by atoms with Crippen LogP contribution in [-0.4, -0.2) is 75.2 Å². The van der Waals surface area contributed by atoms with E-state index in [2.05, 4.69) is 25.2 Å². The van der Waals surface area contributed by atoms with E-state index < -0.39 is 0 Å². The van der Waals surface area contributed by atoms with Crippen LogP contribution in [0.2, 0.25) is 0 Å². The molecule has 1 aliphatic rings. The van der Waals surface area contributed by atoms with Gasteiger partial charge >= 0.3 is 0 Å². The fourth-order valence-electron chi connectivity index (χ4n) is 4.32. The predicted molar refractivity (Wildman–Crippen MR) is 136 cm³/mol. The minimum Gasteiger partial charge on any atom is -0.494 e. The Balaban J connectivity index is 1.25. The van der Waals surface area contributed by atoms with Crippen LogP contribution < -0.4 is 14.4 Å². The summed E-state index contributed by atoms with van der Waals surface area (Å²) >= 11 is 0. The second kappa shape index (κ2) is 10.6. The van der Waals surface area contributed by atoms with E-state index in [1.54, 1.807) is 4.68 Å². The minimum atomic E-state index is 0.119. The number of hydrogen-bond acceptors (Lipinski definition) is 8. The Morgan fingerprint density at radius 2 is 1.50 bits per heavy atom. The number of fused-ring (bicyclic) bond motifs is 1. The number of carbonyl (C=O) groups is 1. The molecular formula is C26H29N7O3. The van der Waals surface area contributed by atoms with E-state index in [1.807, 2.05) is 67.3 Å². The second-order valence-corrected chi connectivity index (χ2v) is 8.42. The van der Waals surface area contributed by atoms with E-state index in [1.165, 1.54) is 6.33 Å². The second-order valence-electron chi connectivity index (χ2n) is 8.42. The highest BCUT2D eigenvalue weighted by Gasteiger charge is 2.25. The average molecular weight is 488 g/mol. The molecule has 1 saturated heterocycles. The van der Waals surface area contributed by atoms with Crippen molar-refractivity contribution >= 4 is 22.9 Å². The zero-order valence-electron chi connectivity index (χ0n) is 20.5. The SMILES string of the molecule is CCOc1ccc(CC(=O)N2CCN(c3ncnc4c3nnn4-c3ccc(OCC)cc3)CC2)cc1. The third-order valence-corrected chi connectivity index (χ3v) is 6.13. The van der Waals surface area contributed by atoms with Crippen molar-refractivity contribution in [2.75, 3.05) is 44.3 Å². The molecule has 2 aromatic carbocycles. The van der Waals surface area contributed by atoms with Gasteiger partial charge in [-0.2, -0.15) is 4.68 Å². The number of aromatic nitrogens is 5. The Labute approximate surface area is 209 Å². The molecule has 0 spiro atoms. The summed E-state index contributed by atoms with van der Waals surface area (Å²) in [7, 11) is 0. The molecule has 5 rings (SSSR count). The fourth-order valence-corrected chi connectivity index (χ4v) is 4.32. The third kappa shape index (κ3) is 4.93. The van der Waals surface area contributed by atoms with E-state index in [0.29, 0.717) is 57.0 Å². The lowest BCUT2D eigenvalue weighted by Crippen LogP contribution is -2.49. The summed E-state index contributed by atoms with van der Waals surface area (Å²) in [5.41, 5.74) is 3.10. The van der Waals surface area contributed by atoms with Crippen molar-refractivity contribution in [3.8, 4) is 17.2 Å². The van der Waals surface area contributed by atoms with Crippen LogP contribution in [0.5, 0.6) is 11.5 Å². The molecule has 0 atom stereocenters. The standard InChI is InChI=1S/C26H29N7O3/c1-3-35-21-9-5-19(6-10-21)17-23(34)31-13-15-32(16-14-31)25-24-26(28-18-27-25)33(30-29-24)20-7-11-22(12-8-20)36-4-2/h5-12,18H,3-4,13-17H2,1-2H3. The lowest BCUT2D eigenvalue weighted by molar-refractivity contribution is -0.130. The van der Waals surface area contributed by atoms with Crippen LogP contribution in [0.15, 0.2) is 54.9 Å². The Hall–Kier alpha value is -4.21. The summed E-state index contributed by atoms with van der Waals surface area (Å²) in [6.07, 6.45) is 1.91. The molecule has 0 saturated carbocycles. The zero-order chi connectivity index (χ0) is 24.9. The molecule has 36 heavy (non-hydrogen) atoms. The Kier molecular flexibility index (Phi) is 6.92. The first-order valence-electron chi connectivity index (χ1n) is 12.2. The molecule has 3 heterocycles. The summed E-state index contributed by atoms with van der Waals surface area (Å²) in [5, 5.41) is 8.71. The van der Waals surface area contributed by atoms with Crippen LogP contribution in [0, 0.1) is 0 Å². The summed E-state index contributed by atoms with van der Waals surface area (Å²) in [5.74, 6) is 2.47. The number of amides is 1. The number of nitrogens with zero attached hydrogens (tertiary/aromatic N) is 7. The van der Waals surface area contributed by atoms with Gasteiger partial charge in [-0.25, -0.2) is 9.97 Å². The molecule has 10 nitrogen and oxygen atoms in total. The maximum absolute atomic E-state index is 12.9. The highest BCUT2D eigenvalue weighted by Crippen LogP contribution is 2.24. The normalized spacial score (nSPS) is 13.7. The molecule has 0 unspecified atom stereocenters. The highest BCUT2D eigenvalue weighted by molar-refractivity contribution is 5.84. The maximum Gasteiger partial charge on any atom is 0.227 e. The van der Waals surface area contributed by atoms with E-state index >= 15 is 0 Å². The van der Waals surface area contributed by atoms with Crippen molar-refractivity contribution in [1.82, 2.24) is 29.9 Å². The van der Waals surface area contributed by atoms with Crippen LogP contribution >= 0.6 is 0 Å². The maximum atomic E-state index is 12.9. The number of anilines is 1. The number of carbonyl (C=O) groups excluding carboxylic acids is 1. The minimum absolute atomic E-state index is 0.119. The monoisotopic (exact) mass is 487 g/mol. The summed E-state index contributed by atoms with van der Waals surface area (Å²) in [6.45, 7) is 7.71. The molecule has 0 bridgehead atoms. The quantitative estimate of drug-likeness (QED) is 0.374. The number of hydrogen-bond donors (Lipinski definition) is 0. The largest absolute Gasteiger partial charge is 0.494 e. The summed E-state index contributed by atoms with van der Waals surface area (Å²) in [6, 6.07) is 15.4. The number of benzene rings is 2. The zero-order valence-corrected chi connectivity index (χ0v) is 20.5. The molecule has 1 fully saturated rings. The summed E-state index contributed by atoms with van der Waals surface area (Å²) in [4.78, 5) is 25.9. The molecule has 1 aliphatic heterocycles. The van der Waals surface area contributed by atoms with Gasteiger partial charge in [0, 0.05) is 26.2 Å². The van der Waals surface area contributed by atoms with Gasteiger partial charge < -0.3 is 19.3 Å². The first kappa shape index (κ1) is 23.5. The Bertz CT molecular complexity index is 1310. The van der Waals surface area contributed by atoms with Gasteiger partial charge in [-0.15, -0.1) is 5.10 Å². The number of piperazine rings is 1. The van der Waals surface area contributed by atoms with Gasteiger partial charge in [-0.3, -0.25) is 4.79 Å². The topological polar surface area (TPSA) is 98.5 Å². The Morgan fingerprint density at radius 3 is 2.14 bits per heavy atom. The molecule has 0 radical (unpaired) electrons. The molecule has 2 aromatic heterocycles. The van der Waals surface area contributed by atoms with Crippen LogP contribution in [0.3, 0.4) is 0 Å². The van der Waals surface area contributed by atoms with Crippen molar-refractivity contribution in [3.05, 3.63) is 60.4 Å². The van der Waals surface area contributed by atoms with Gasteiger partial charge in [0.2, 0.25) is 5.91 Å². The molecule has 0 N–H and O–H groups in total. The molecular weight excluding hydrogens is 458 g/mol. The third-order valence-electron chi connectivity index (χ3n) is 6.13. The first-order valence-corrected chi connectivity index (χ1v) is 12.2. The number of ether oxygens (including phenoxy) is 2. The molecule has 4 aromatic rings. The smallest absolute Gasteiger partial charge is 0.227 e. The van der Waals surface area contributed by atoms with E-state index in [9.17, 15) is 4.79 Å². The molecule has 10 heteroatoms. The van der Waals surface area contributed by atoms with Crippen molar-refractivity contribution in [2.45, 2.75) is 20.3 Å². The van der Waals surface area contributed by atoms with Gasteiger partial charge in [-0.1, -0.05) is 17.3 Å². The lowest BCUT2D eigenvalue weighted by atomic mass is 10.1. The van der Waals surface area contributed by atoms with Gasteiger partial charge in [-0.05, 0) is 55.8 Å². The molecule has 0 aliphatic carbocycles.